The lowest BCUT2D eigenvalue weighted by Gasteiger charge is -2.39. The van der Waals surface area contributed by atoms with Crippen molar-refractivity contribution >= 4 is 23.7 Å². The lowest BCUT2D eigenvalue weighted by molar-refractivity contribution is 0.0518. The average Bonchev–Trinajstić information content (AvgIpc) is 3.76. The van der Waals surface area contributed by atoms with Crippen LogP contribution < -0.4 is 10.1 Å². The van der Waals surface area contributed by atoms with Gasteiger partial charge in [0, 0.05) is 48.8 Å². The van der Waals surface area contributed by atoms with Crippen LogP contribution in [0.2, 0.25) is 0 Å². The van der Waals surface area contributed by atoms with Crippen LogP contribution in [0.3, 0.4) is 0 Å². The lowest BCUT2D eigenvalue weighted by atomic mass is 10.0. The van der Waals surface area contributed by atoms with Crippen LogP contribution in [-0.2, 0) is 11.2 Å². The predicted octanol–water partition coefficient (Wildman–Crippen LogP) is 7.27. The summed E-state index contributed by atoms with van der Waals surface area (Å²) in [4.78, 5) is 30.7. The van der Waals surface area contributed by atoms with Crippen molar-refractivity contribution in [1.82, 2.24) is 29.4 Å². The number of carbonyl (C=O) groups is 2. The Labute approximate surface area is 276 Å². The Morgan fingerprint density at radius 1 is 0.936 bits per heavy atom. The van der Waals surface area contributed by atoms with E-state index in [0.717, 1.165) is 48.4 Å². The highest BCUT2D eigenvalue weighted by atomic mass is 16.6. The summed E-state index contributed by atoms with van der Waals surface area (Å²) in [6, 6.07) is 17.6. The number of amides is 1. The Morgan fingerprint density at radius 2 is 1.68 bits per heavy atom. The largest absolute Gasteiger partial charge is 0.442 e. The van der Waals surface area contributed by atoms with Crippen LogP contribution in [0.25, 0.3) is 16.9 Å². The van der Waals surface area contributed by atoms with Crippen LogP contribution in [0.1, 0.15) is 65.4 Å². The summed E-state index contributed by atoms with van der Waals surface area (Å²) in [5, 5.41) is 12.3. The summed E-state index contributed by atoms with van der Waals surface area (Å²) in [5.41, 5.74) is 3.35. The smallest absolute Gasteiger partial charge is 0.435 e. The first-order chi connectivity index (χ1) is 22.7. The van der Waals surface area contributed by atoms with E-state index in [1.807, 2.05) is 87.3 Å². The molecule has 0 atom stereocenters. The molecule has 2 saturated heterocycles. The summed E-state index contributed by atoms with van der Waals surface area (Å²) >= 11 is 0. The van der Waals surface area contributed by atoms with Gasteiger partial charge in [0.2, 0.25) is 0 Å². The molecule has 2 aromatic carbocycles. The average molecular weight is 640 g/mol. The number of benzene rings is 2. The Hall–Kier alpha value is -4.64. The van der Waals surface area contributed by atoms with Crippen molar-refractivity contribution in [3.63, 3.8) is 0 Å². The second-order valence-corrected chi connectivity index (χ2v) is 13.3. The number of nitrogens with one attached hydrogen (secondary N) is 1. The molecule has 248 valence electrons. The predicted molar refractivity (Wildman–Crippen MR) is 182 cm³/mol. The van der Waals surface area contributed by atoms with Gasteiger partial charge in [-0.15, -0.1) is 5.10 Å². The molecule has 0 aliphatic carbocycles. The molecule has 0 bridgehead atoms. The second kappa shape index (κ2) is 14.0. The number of hydrogen-bond acceptors (Lipinski definition) is 8. The van der Waals surface area contributed by atoms with E-state index in [1.54, 1.807) is 16.9 Å². The number of anilines is 2. The number of likely N-dealkylation sites (tertiary alicyclic amines) is 2. The Morgan fingerprint density at radius 3 is 2.34 bits per heavy atom. The van der Waals surface area contributed by atoms with Gasteiger partial charge in [-0.2, -0.15) is 9.78 Å². The van der Waals surface area contributed by atoms with Gasteiger partial charge in [0.25, 0.3) is 0 Å². The molecule has 47 heavy (non-hydrogen) atoms. The zero-order chi connectivity index (χ0) is 33.0. The summed E-state index contributed by atoms with van der Waals surface area (Å²) in [7, 11) is 0. The van der Waals surface area contributed by atoms with Crippen LogP contribution in [0.15, 0.2) is 67.0 Å². The molecule has 11 nitrogen and oxygen atoms in total. The van der Waals surface area contributed by atoms with E-state index in [9.17, 15) is 9.59 Å². The van der Waals surface area contributed by atoms with Crippen LogP contribution in [0.4, 0.5) is 21.1 Å². The molecule has 0 radical (unpaired) electrons. The minimum atomic E-state index is -0.691. The zero-order valence-electron chi connectivity index (χ0n) is 27.8. The zero-order valence-corrected chi connectivity index (χ0v) is 27.8. The molecule has 2 aromatic heterocycles. The first kappa shape index (κ1) is 32.3. The fourth-order valence-electron chi connectivity index (χ4n) is 6.35. The van der Waals surface area contributed by atoms with E-state index in [1.165, 1.54) is 37.0 Å². The molecule has 0 saturated carbocycles. The van der Waals surface area contributed by atoms with E-state index >= 15 is 0 Å². The quantitative estimate of drug-likeness (QED) is 0.225. The van der Waals surface area contributed by atoms with Crippen molar-refractivity contribution in [1.29, 1.82) is 0 Å². The fourth-order valence-corrected chi connectivity index (χ4v) is 6.35. The Kier molecular flexibility index (Phi) is 9.63. The maximum Gasteiger partial charge on any atom is 0.435 e. The highest BCUT2D eigenvalue weighted by molar-refractivity contribution is 5.80. The number of rotatable bonds is 7. The van der Waals surface area contributed by atoms with E-state index in [2.05, 4.69) is 20.4 Å². The Balaban J connectivity index is 1.16. The van der Waals surface area contributed by atoms with Crippen molar-refractivity contribution in [2.75, 3.05) is 31.5 Å². The first-order valence-electron chi connectivity index (χ1n) is 16.7. The molecule has 4 aromatic rings. The number of hydrogen-bond donors (Lipinski definition) is 1. The van der Waals surface area contributed by atoms with Crippen LogP contribution in [0, 0.1) is 0 Å². The molecule has 11 heteroatoms. The third kappa shape index (κ3) is 7.85. The highest BCUT2D eigenvalue weighted by Crippen LogP contribution is 2.30. The van der Waals surface area contributed by atoms with E-state index in [0.29, 0.717) is 29.7 Å². The van der Waals surface area contributed by atoms with Gasteiger partial charge in [0.1, 0.15) is 11.4 Å². The maximum atomic E-state index is 13.3. The molecule has 2 aliphatic heterocycles. The van der Waals surface area contributed by atoms with Gasteiger partial charge >= 0.3 is 12.2 Å². The molecular weight excluding hydrogens is 594 g/mol. The molecule has 2 aliphatic rings. The van der Waals surface area contributed by atoms with Gasteiger partial charge in [-0.05, 0) is 108 Å². The molecule has 2 fully saturated rings. The van der Waals surface area contributed by atoms with Crippen molar-refractivity contribution in [3.8, 4) is 22.7 Å². The maximum absolute atomic E-state index is 13.3. The molecule has 6 rings (SSSR count). The van der Waals surface area contributed by atoms with Crippen molar-refractivity contribution in [2.24, 2.45) is 0 Å². The number of nitrogens with zero attached hydrogens (tertiary/aromatic N) is 6. The Bertz CT molecular complexity index is 1660. The van der Waals surface area contributed by atoms with E-state index in [4.69, 9.17) is 9.47 Å². The molecular formula is C36H45N7O4. The van der Waals surface area contributed by atoms with Crippen LogP contribution in [0.5, 0.6) is 5.75 Å². The number of aromatic nitrogens is 4. The standard InChI is InChI=1S/C36H45N7O4/c1-5-26-24-30(46-34(44)41-22-16-28(17-23-41)40-19-7-6-8-20-40)14-15-31(26)38-33-25-32(43(39-33)35(45)47-36(2,3)4)27-10-12-29(13-11-27)42-21-9-18-37-42/h9-15,18,21,24-25,28H,5-8,16-17,19-20,22-23H2,1-4H3,(H,38,39). The third-order valence-corrected chi connectivity index (χ3v) is 8.76. The van der Waals surface area contributed by atoms with E-state index in [-0.39, 0.29) is 6.09 Å². The van der Waals surface area contributed by atoms with Gasteiger partial charge in [0.05, 0.1) is 11.4 Å². The highest BCUT2D eigenvalue weighted by Gasteiger charge is 2.29. The normalized spacial score (nSPS) is 16.2. The lowest BCUT2D eigenvalue weighted by Crippen LogP contribution is -2.48. The van der Waals surface area contributed by atoms with Crippen molar-refractivity contribution < 1.29 is 19.1 Å². The van der Waals surface area contributed by atoms with Gasteiger partial charge in [-0.3, -0.25) is 0 Å². The minimum absolute atomic E-state index is 0.302. The van der Waals surface area contributed by atoms with Gasteiger partial charge < -0.3 is 24.6 Å². The van der Waals surface area contributed by atoms with Crippen molar-refractivity contribution in [3.05, 3.63) is 72.6 Å². The minimum Gasteiger partial charge on any atom is -0.442 e. The fraction of sp³-hybridized carbons (Fsp3) is 0.444. The molecule has 1 N–H and O–H groups in total. The number of ether oxygens (including phenoxy) is 2. The monoisotopic (exact) mass is 639 g/mol. The molecule has 4 heterocycles. The van der Waals surface area contributed by atoms with Crippen LogP contribution in [-0.4, -0.2) is 79.4 Å². The summed E-state index contributed by atoms with van der Waals surface area (Å²) in [6.07, 6.45) is 9.29. The summed E-state index contributed by atoms with van der Waals surface area (Å²) < 4.78 is 14.6. The second-order valence-electron chi connectivity index (χ2n) is 13.3. The first-order valence-corrected chi connectivity index (χ1v) is 16.7. The number of carbonyl (C=O) groups excluding carboxylic acids is 2. The number of aryl methyl sites for hydroxylation is 1. The van der Waals surface area contributed by atoms with Crippen LogP contribution >= 0.6 is 0 Å². The molecule has 0 spiro atoms. The van der Waals surface area contributed by atoms with Gasteiger partial charge in [-0.25, -0.2) is 14.3 Å². The summed E-state index contributed by atoms with van der Waals surface area (Å²) in [5.74, 6) is 0.992. The van der Waals surface area contributed by atoms with Gasteiger partial charge in [-0.1, -0.05) is 25.5 Å². The van der Waals surface area contributed by atoms with Crippen molar-refractivity contribution in [2.45, 2.75) is 77.9 Å². The van der Waals surface area contributed by atoms with Gasteiger partial charge in [0.15, 0.2) is 5.82 Å². The third-order valence-electron chi connectivity index (χ3n) is 8.76. The molecule has 0 unspecified atom stereocenters. The topological polar surface area (TPSA) is 107 Å². The van der Waals surface area contributed by atoms with E-state index < -0.39 is 11.7 Å². The molecule has 1 amide bonds. The SMILES string of the molecule is CCc1cc(OC(=O)N2CCC(N3CCCCC3)CC2)ccc1Nc1cc(-c2ccc(-n3cccn3)cc2)n(C(=O)OC(C)(C)C)n1. The number of piperidine rings is 2. The summed E-state index contributed by atoms with van der Waals surface area (Å²) in [6.45, 7) is 11.3.